The van der Waals surface area contributed by atoms with Gasteiger partial charge in [0.05, 0.1) is 12.8 Å². The fourth-order valence-corrected chi connectivity index (χ4v) is 2.62. The third-order valence-corrected chi connectivity index (χ3v) is 3.61. The molecular weight excluding hydrogens is 357 g/mol. The predicted octanol–water partition coefficient (Wildman–Crippen LogP) is 1.12. The highest BCUT2D eigenvalue weighted by molar-refractivity contribution is 14.0. The van der Waals surface area contributed by atoms with E-state index in [0.717, 1.165) is 0 Å². The summed E-state index contributed by atoms with van der Waals surface area (Å²) in [5.41, 5.74) is 1.00. The number of aromatic nitrogens is 1. The molecule has 6 nitrogen and oxygen atoms in total. The molecule has 0 radical (unpaired) electrons. The van der Waals surface area contributed by atoms with Crippen molar-refractivity contribution in [3.8, 4) is 5.75 Å². The molecule has 2 aliphatic rings. The van der Waals surface area contributed by atoms with Crippen LogP contribution in [0.2, 0.25) is 0 Å². The molecule has 2 aliphatic heterocycles. The van der Waals surface area contributed by atoms with E-state index in [1.165, 1.54) is 24.9 Å². The molecule has 0 aliphatic carbocycles. The van der Waals surface area contributed by atoms with Crippen LogP contribution in [-0.4, -0.2) is 31.9 Å². The van der Waals surface area contributed by atoms with E-state index in [9.17, 15) is 8.42 Å². The summed E-state index contributed by atoms with van der Waals surface area (Å²) in [6.07, 6.45) is 5.73. The number of aromatic amines is 1. The third kappa shape index (κ3) is 2.02. The number of aliphatic imine (C=N–C) groups is 1. The van der Waals surface area contributed by atoms with Crippen molar-refractivity contribution in [1.82, 2.24) is 4.98 Å². The second-order valence-electron chi connectivity index (χ2n) is 3.37. The van der Waals surface area contributed by atoms with Gasteiger partial charge in [0.1, 0.15) is 10.6 Å². The minimum absolute atomic E-state index is 0. The number of ether oxygens (including phenoxy) is 1. The van der Waals surface area contributed by atoms with Gasteiger partial charge in [-0.15, -0.1) is 24.0 Å². The van der Waals surface area contributed by atoms with Crippen molar-refractivity contribution >= 4 is 45.9 Å². The molecule has 90 valence electrons. The second kappa shape index (κ2) is 4.26. The van der Waals surface area contributed by atoms with Gasteiger partial charge in [-0.1, -0.05) is 0 Å². The van der Waals surface area contributed by atoms with Crippen LogP contribution in [0.25, 0.3) is 0 Å². The standard InChI is InChI=1S/C9H7N3O3S.HI/c13-16(14)9-4-11-3-8(9)15-5-6-1-10-2-7(6)12-16;/h2-5,11H,1H2;1H/b6-5-,12-7?;. The summed E-state index contributed by atoms with van der Waals surface area (Å²) in [6, 6.07) is 0. The van der Waals surface area contributed by atoms with Gasteiger partial charge in [0, 0.05) is 24.2 Å². The van der Waals surface area contributed by atoms with Crippen LogP contribution in [0.1, 0.15) is 0 Å². The van der Waals surface area contributed by atoms with Gasteiger partial charge in [0.2, 0.25) is 0 Å². The van der Waals surface area contributed by atoms with Gasteiger partial charge in [-0.05, 0) is 0 Å². The highest BCUT2D eigenvalue weighted by Gasteiger charge is 2.25. The molecule has 0 amide bonds. The zero-order valence-electron chi connectivity index (χ0n) is 8.45. The lowest BCUT2D eigenvalue weighted by Crippen LogP contribution is -2.10. The molecule has 17 heavy (non-hydrogen) atoms. The van der Waals surface area contributed by atoms with E-state index in [4.69, 9.17) is 4.74 Å². The maximum absolute atomic E-state index is 11.9. The van der Waals surface area contributed by atoms with Gasteiger partial charge >= 0.3 is 0 Å². The molecule has 0 unspecified atom stereocenters. The number of sulfonamides is 1. The SMILES string of the molecule is I.O=S1(=O)N=C2C=NC/C2=C/Oc2c[nH]cc21. The number of nitrogens with zero attached hydrogens (tertiary/aromatic N) is 2. The van der Waals surface area contributed by atoms with Gasteiger partial charge in [-0.2, -0.15) is 12.8 Å². The smallest absolute Gasteiger partial charge is 0.288 e. The minimum Gasteiger partial charge on any atom is -0.462 e. The Hall–Kier alpha value is -1.16. The first-order valence-corrected chi connectivity index (χ1v) is 5.98. The largest absolute Gasteiger partial charge is 0.462 e. The summed E-state index contributed by atoms with van der Waals surface area (Å²) >= 11 is 0. The van der Waals surface area contributed by atoms with E-state index in [-0.39, 0.29) is 34.6 Å². The first-order valence-electron chi connectivity index (χ1n) is 4.54. The Kier molecular flexibility index (Phi) is 3.08. The molecule has 0 atom stereocenters. The Balaban J connectivity index is 0.00000108. The van der Waals surface area contributed by atoms with Crippen LogP contribution in [0.3, 0.4) is 0 Å². The van der Waals surface area contributed by atoms with Crippen molar-refractivity contribution in [2.45, 2.75) is 4.90 Å². The highest BCUT2D eigenvalue weighted by atomic mass is 127. The Morgan fingerprint density at radius 1 is 1.35 bits per heavy atom. The van der Waals surface area contributed by atoms with Crippen molar-refractivity contribution in [1.29, 1.82) is 0 Å². The Labute approximate surface area is 115 Å². The monoisotopic (exact) mass is 365 g/mol. The van der Waals surface area contributed by atoms with Crippen molar-refractivity contribution in [3.05, 3.63) is 24.2 Å². The lowest BCUT2D eigenvalue weighted by atomic mass is 10.2. The summed E-state index contributed by atoms with van der Waals surface area (Å²) in [6.45, 7) is 0.397. The molecule has 0 bridgehead atoms. The summed E-state index contributed by atoms with van der Waals surface area (Å²) < 4.78 is 32.7. The van der Waals surface area contributed by atoms with Gasteiger partial charge in [-0.25, -0.2) is 0 Å². The van der Waals surface area contributed by atoms with Crippen LogP contribution >= 0.6 is 24.0 Å². The maximum Gasteiger partial charge on any atom is 0.288 e. The minimum atomic E-state index is -3.71. The van der Waals surface area contributed by atoms with Crippen LogP contribution in [0, 0.1) is 0 Å². The van der Waals surface area contributed by atoms with Gasteiger partial charge in [0.25, 0.3) is 10.0 Å². The third-order valence-electron chi connectivity index (χ3n) is 2.30. The highest BCUT2D eigenvalue weighted by Crippen LogP contribution is 2.28. The van der Waals surface area contributed by atoms with E-state index >= 15 is 0 Å². The molecule has 1 aromatic heterocycles. The quantitative estimate of drug-likeness (QED) is 0.700. The average molecular weight is 365 g/mol. The fraction of sp³-hybridized carbons (Fsp3) is 0.111. The predicted molar refractivity (Wildman–Crippen MR) is 72.9 cm³/mol. The number of H-pyrrole nitrogens is 1. The number of hydrogen-bond acceptors (Lipinski definition) is 4. The zero-order valence-corrected chi connectivity index (χ0v) is 11.6. The summed E-state index contributed by atoms with van der Waals surface area (Å²) in [5.74, 6) is 0.252. The van der Waals surface area contributed by atoms with Crippen LogP contribution in [0.4, 0.5) is 0 Å². The molecule has 0 saturated heterocycles. The average Bonchev–Trinajstić information content (AvgIpc) is 2.81. The van der Waals surface area contributed by atoms with E-state index in [1.54, 1.807) is 0 Å². The van der Waals surface area contributed by atoms with Crippen LogP contribution < -0.4 is 4.74 Å². The normalized spacial score (nSPS) is 22.8. The van der Waals surface area contributed by atoms with Crippen LogP contribution in [0.5, 0.6) is 5.75 Å². The number of halogens is 1. The van der Waals surface area contributed by atoms with Crippen LogP contribution in [-0.2, 0) is 10.0 Å². The zero-order chi connectivity index (χ0) is 11.2. The molecule has 3 rings (SSSR count). The van der Waals surface area contributed by atoms with E-state index in [0.29, 0.717) is 17.8 Å². The number of fused-ring (bicyclic) bond motifs is 2. The number of rotatable bonds is 0. The summed E-state index contributed by atoms with van der Waals surface area (Å²) in [5, 5.41) is 0. The number of hydrogen-bond donors (Lipinski definition) is 1. The molecule has 1 N–H and O–H groups in total. The molecule has 0 aromatic carbocycles. The fourth-order valence-electron chi connectivity index (χ4n) is 1.52. The topological polar surface area (TPSA) is 83.9 Å². The molecule has 0 saturated carbocycles. The number of nitrogens with one attached hydrogen (secondary N) is 1. The summed E-state index contributed by atoms with van der Waals surface area (Å²) in [7, 11) is -3.71. The molecular formula is C9H8IN3O3S. The Morgan fingerprint density at radius 3 is 3.00 bits per heavy atom. The van der Waals surface area contributed by atoms with Gasteiger partial charge in [-0.3, -0.25) is 4.99 Å². The van der Waals surface area contributed by atoms with E-state index in [1.807, 2.05) is 0 Å². The lowest BCUT2D eigenvalue weighted by Gasteiger charge is -2.06. The lowest BCUT2D eigenvalue weighted by molar-refractivity contribution is 0.464. The van der Waals surface area contributed by atoms with Crippen LogP contribution in [0.15, 0.2) is 38.5 Å². The second-order valence-corrected chi connectivity index (χ2v) is 4.94. The molecule has 3 heterocycles. The molecule has 0 spiro atoms. The first-order chi connectivity index (χ1) is 7.67. The maximum atomic E-state index is 11.9. The molecule has 0 fully saturated rings. The Bertz CT molecular complexity index is 642. The van der Waals surface area contributed by atoms with Crippen molar-refractivity contribution < 1.29 is 13.2 Å². The molecule has 8 heteroatoms. The molecule has 1 aromatic rings. The van der Waals surface area contributed by atoms with Crippen molar-refractivity contribution in [3.63, 3.8) is 0 Å². The van der Waals surface area contributed by atoms with Crippen molar-refractivity contribution in [2.24, 2.45) is 9.39 Å². The van der Waals surface area contributed by atoms with Gasteiger partial charge < -0.3 is 9.72 Å². The summed E-state index contributed by atoms with van der Waals surface area (Å²) in [4.78, 5) is 6.67. The Morgan fingerprint density at radius 2 is 2.18 bits per heavy atom. The van der Waals surface area contributed by atoms with Gasteiger partial charge in [0.15, 0.2) is 5.75 Å². The van der Waals surface area contributed by atoms with E-state index in [2.05, 4.69) is 14.4 Å². The first kappa shape index (κ1) is 12.3. The van der Waals surface area contributed by atoms with E-state index < -0.39 is 10.0 Å². The van der Waals surface area contributed by atoms with Crippen molar-refractivity contribution in [2.75, 3.05) is 6.54 Å².